The highest BCUT2D eigenvalue weighted by Crippen LogP contribution is 2.31. The Balaban J connectivity index is 2.48. The molecule has 0 aliphatic rings. The molecule has 0 aliphatic heterocycles. The first-order chi connectivity index (χ1) is 9.70. The zero-order valence-electron chi connectivity index (χ0n) is 10.6. The van der Waals surface area contributed by atoms with Gasteiger partial charge in [0.1, 0.15) is 10.7 Å². The van der Waals surface area contributed by atoms with Gasteiger partial charge in [0.15, 0.2) is 0 Å². The third-order valence-electron chi connectivity index (χ3n) is 2.68. The van der Waals surface area contributed by atoms with Crippen molar-refractivity contribution in [1.29, 1.82) is 0 Å². The Morgan fingerprint density at radius 1 is 1.14 bits per heavy atom. The molecule has 0 amide bonds. The standard InChI is InChI=1S/C13H9Br2ClFNO2S/c1-7-4-10(15)13(6-9(7)14)21(19,20)18-12-5-8(16)2-3-11(12)17/h2-6,18H,1H3. The van der Waals surface area contributed by atoms with Crippen LogP contribution in [0.2, 0.25) is 5.02 Å². The van der Waals surface area contributed by atoms with Gasteiger partial charge in [-0.05, 0) is 58.7 Å². The minimum atomic E-state index is -3.95. The largest absolute Gasteiger partial charge is 0.277 e. The van der Waals surface area contributed by atoms with E-state index in [-0.39, 0.29) is 15.6 Å². The predicted molar refractivity (Wildman–Crippen MR) is 88.8 cm³/mol. The van der Waals surface area contributed by atoms with Gasteiger partial charge in [-0.15, -0.1) is 0 Å². The summed E-state index contributed by atoms with van der Waals surface area (Å²) >= 11 is 12.2. The van der Waals surface area contributed by atoms with Gasteiger partial charge in [-0.1, -0.05) is 27.5 Å². The minimum absolute atomic E-state index is 0.000601. The molecule has 0 bridgehead atoms. The fourth-order valence-corrected chi connectivity index (χ4v) is 4.52. The van der Waals surface area contributed by atoms with Crippen molar-refractivity contribution in [3.63, 3.8) is 0 Å². The first kappa shape index (κ1) is 16.7. The number of nitrogens with one attached hydrogen (secondary N) is 1. The molecule has 0 atom stereocenters. The van der Waals surface area contributed by atoms with E-state index in [0.717, 1.165) is 11.6 Å². The van der Waals surface area contributed by atoms with Crippen molar-refractivity contribution in [3.05, 3.63) is 55.7 Å². The van der Waals surface area contributed by atoms with Crippen molar-refractivity contribution in [3.8, 4) is 0 Å². The topological polar surface area (TPSA) is 46.2 Å². The van der Waals surface area contributed by atoms with Crippen LogP contribution in [0.15, 0.2) is 44.2 Å². The average molecular weight is 458 g/mol. The summed E-state index contributed by atoms with van der Waals surface area (Å²) < 4.78 is 41.6. The zero-order chi connectivity index (χ0) is 15.8. The fourth-order valence-electron chi connectivity index (χ4n) is 1.61. The number of rotatable bonds is 3. The van der Waals surface area contributed by atoms with E-state index in [1.165, 1.54) is 18.2 Å². The SMILES string of the molecule is Cc1cc(Br)c(S(=O)(=O)Nc2cc(Cl)ccc2F)cc1Br. The van der Waals surface area contributed by atoms with Gasteiger partial charge in [0.05, 0.1) is 5.69 Å². The van der Waals surface area contributed by atoms with Crippen molar-refractivity contribution in [2.45, 2.75) is 11.8 Å². The quantitative estimate of drug-likeness (QED) is 0.696. The van der Waals surface area contributed by atoms with Gasteiger partial charge in [0, 0.05) is 14.0 Å². The van der Waals surface area contributed by atoms with Crippen molar-refractivity contribution >= 4 is 59.2 Å². The zero-order valence-corrected chi connectivity index (χ0v) is 15.4. The van der Waals surface area contributed by atoms with Crippen LogP contribution in [0.1, 0.15) is 5.56 Å². The second-order valence-corrected chi connectivity index (χ2v) is 8.06. The first-order valence-electron chi connectivity index (χ1n) is 5.64. The van der Waals surface area contributed by atoms with Gasteiger partial charge in [0.25, 0.3) is 10.0 Å². The maximum atomic E-state index is 13.7. The summed E-state index contributed by atoms with van der Waals surface area (Å²) in [7, 11) is -3.95. The van der Waals surface area contributed by atoms with Crippen LogP contribution in [0, 0.1) is 12.7 Å². The van der Waals surface area contributed by atoms with Gasteiger partial charge >= 0.3 is 0 Å². The molecule has 2 aromatic rings. The smallest absolute Gasteiger partial charge is 0.263 e. The molecule has 2 rings (SSSR count). The molecule has 0 saturated heterocycles. The minimum Gasteiger partial charge on any atom is -0.277 e. The lowest BCUT2D eigenvalue weighted by Gasteiger charge is -2.12. The van der Waals surface area contributed by atoms with E-state index < -0.39 is 15.8 Å². The third-order valence-corrected chi connectivity index (χ3v) is 6.09. The van der Waals surface area contributed by atoms with E-state index in [0.29, 0.717) is 8.95 Å². The van der Waals surface area contributed by atoms with E-state index in [2.05, 4.69) is 36.6 Å². The summed E-state index contributed by atoms with van der Waals surface area (Å²) in [5, 5.41) is 0.234. The van der Waals surface area contributed by atoms with E-state index in [1.54, 1.807) is 6.07 Å². The molecule has 1 N–H and O–H groups in total. The fraction of sp³-hybridized carbons (Fsp3) is 0.0769. The number of aryl methyl sites for hydroxylation is 1. The molecular weight excluding hydrogens is 448 g/mol. The molecule has 0 fully saturated rings. The Kier molecular flexibility index (Phi) is 4.97. The van der Waals surface area contributed by atoms with Crippen LogP contribution in [0.4, 0.5) is 10.1 Å². The molecule has 0 heterocycles. The lowest BCUT2D eigenvalue weighted by Crippen LogP contribution is -2.14. The molecule has 0 spiro atoms. The van der Waals surface area contributed by atoms with Crippen molar-refractivity contribution in [2.75, 3.05) is 4.72 Å². The Morgan fingerprint density at radius 3 is 2.48 bits per heavy atom. The Labute approximate surface area is 143 Å². The van der Waals surface area contributed by atoms with E-state index in [4.69, 9.17) is 11.6 Å². The van der Waals surface area contributed by atoms with Gasteiger partial charge in [-0.3, -0.25) is 4.72 Å². The molecule has 0 saturated carbocycles. The molecule has 0 aliphatic carbocycles. The number of benzene rings is 2. The summed E-state index contributed by atoms with van der Waals surface area (Å²) in [6, 6.07) is 6.76. The number of hydrogen-bond acceptors (Lipinski definition) is 2. The summed E-state index contributed by atoms with van der Waals surface area (Å²) in [4.78, 5) is -0.000601. The molecule has 112 valence electrons. The third kappa shape index (κ3) is 3.77. The van der Waals surface area contributed by atoms with Crippen LogP contribution in [-0.2, 0) is 10.0 Å². The highest BCUT2D eigenvalue weighted by Gasteiger charge is 2.20. The number of halogens is 4. The first-order valence-corrected chi connectivity index (χ1v) is 9.09. The number of hydrogen-bond donors (Lipinski definition) is 1. The summed E-state index contributed by atoms with van der Waals surface area (Å²) in [6.07, 6.45) is 0. The molecule has 0 unspecified atom stereocenters. The molecule has 3 nitrogen and oxygen atoms in total. The molecule has 0 aromatic heterocycles. The second-order valence-electron chi connectivity index (χ2n) is 4.26. The molecular formula is C13H9Br2ClFNO2S. The Morgan fingerprint density at radius 2 is 1.81 bits per heavy atom. The van der Waals surface area contributed by atoms with E-state index in [1.807, 2.05) is 6.92 Å². The maximum absolute atomic E-state index is 13.7. The Bertz CT molecular complexity index is 812. The van der Waals surface area contributed by atoms with Crippen LogP contribution in [-0.4, -0.2) is 8.42 Å². The Hall–Kier alpha value is -0.630. The average Bonchev–Trinajstić information content (AvgIpc) is 2.37. The van der Waals surface area contributed by atoms with Crippen LogP contribution in [0.3, 0.4) is 0 Å². The number of anilines is 1. The van der Waals surface area contributed by atoms with Crippen LogP contribution < -0.4 is 4.72 Å². The van der Waals surface area contributed by atoms with Crippen molar-refractivity contribution in [2.24, 2.45) is 0 Å². The van der Waals surface area contributed by atoms with E-state index >= 15 is 0 Å². The van der Waals surface area contributed by atoms with E-state index in [9.17, 15) is 12.8 Å². The van der Waals surface area contributed by atoms with Gasteiger partial charge in [-0.25, -0.2) is 12.8 Å². The van der Waals surface area contributed by atoms with Gasteiger partial charge in [0.2, 0.25) is 0 Å². The molecule has 0 radical (unpaired) electrons. The van der Waals surface area contributed by atoms with Crippen molar-refractivity contribution in [1.82, 2.24) is 0 Å². The molecule has 2 aromatic carbocycles. The maximum Gasteiger partial charge on any atom is 0.263 e. The summed E-state index contributed by atoms with van der Waals surface area (Å²) in [5.41, 5.74) is 0.667. The lowest BCUT2D eigenvalue weighted by molar-refractivity contribution is 0.598. The monoisotopic (exact) mass is 455 g/mol. The second kappa shape index (κ2) is 6.24. The number of sulfonamides is 1. The van der Waals surface area contributed by atoms with Gasteiger partial charge in [-0.2, -0.15) is 0 Å². The lowest BCUT2D eigenvalue weighted by atomic mass is 10.2. The normalized spacial score (nSPS) is 11.5. The molecule has 21 heavy (non-hydrogen) atoms. The van der Waals surface area contributed by atoms with Crippen LogP contribution >= 0.6 is 43.5 Å². The van der Waals surface area contributed by atoms with Crippen LogP contribution in [0.25, 0.3) is 0 Å². The van der Waals surface area contributed by atoms with Crippen LogP contribution in [0.5, 0.6) is 0 Å². The van der Waals surface area contributed by atoms with Gasteiger partial charge < -0.3 is 0 Å². The van der Waals surface area contributed by atoms with Crippen molar-refractivity contribution < 1.29 is 12.8 Å². The predicted octanol–water partition coefficient (Wildman–Crippen LogP) is 5.11. The highest BCUT2D eigenvalue weighted by molar-refractivity contribution is 9.11. The summed E-state index contributed by atoms with van der Waals surface area (Å²) in [5.74, 6) is -0.703. The summed E-state index contributed by atoms with van der Waals surface area (Å²) in [6.45, 7) is 1.83. The molecule has 8 heteroatoms. The highest BCUT2D eigenvalue weighted by atomic mass is 79.9.